The number of nitrogens with zero attached hydrogens (tertiary/aromatic N) is 2. The van der Waals surface area contributed by atoms with Crippen LogP contribution in [0.3, 0.4) is 0 Å². The van der Waals surface area contributed by atoms with Gasteiger partial charge in [0, 0.05) is 25.7 Å². The van der Waals surface area contributed by atoms with E-state index in [1.807, 2.05) is 6.92 Å². The van der Waals surface area contributed by atoms with Gasteiger partial charge in [0.15, 0.2) is 0 Å². The first-order chi connectivity index (χ1) is 17.6. The quantitative estimate of drug-likeness (QED) is 0.287. The highest BCUT2D eigenvalue weighted by atomic mass is 19.4. The van der Waals surface area contributed by atoms with Gasteiger partial charge >= 0.3 is 18.0 Å². The summed E-state index contributed by atoms with van der Waals surface area (Å²) in [6.45, 7) is 4.90. The Hall–Kier alpha value is -2.78. The third-order valence-electron chi connectivity index (χ3n) is 6.09. The molecule has 1 amide bonds. The number of ether oxygens (including phenoxy) is 3. The standard InChI is InChI=1S/C25H36F3N3O6/c1-4-7-9-10-11-13-30(12-8-5-2)24(34)36-17-20-19(35-14-6-3)15-21(37-20)31-16-18(25(26,27)28)22(32)29-23(31)33/h3,16,19-21H,4-5,7-15,17H2,1-2H3,(H,29,32,33)/t19-,20+,21+/m0/s1. The second kappa shape index (κ2) is 14.8. The van der Waals surface area contributed by atoms with Crippen molar-refractivity contribution in [2.75, 3.05) is 26.3 Å². The lowest BCUT2D eigenvalue weighted by molar-refractivity contribution is -0.139. The van der Waals surface area contributed by atoms with E-state index < -0.39 is 47.5 Å². The van der Waals surface area contributed by atoms with Crippen LogP contribution in [0, 0.1) is 12.3 Å². The molecule has 0 aromatic carbocycles. The van der Waals surface area contributed by atoms with E-state index in [0.717, 1.165) is 44.9 Å². The van der Waals surface area contributed by atoms with E-state index >= 15 is 0 Å². The molecular formula is C25H36F3N3O6. The van der Waals surface area contributed by atoms with Gasteiger partial charge in [-0.3, -0.25) is 14.3 Å². The topological polar surface area (TPSA) is 103 Å². The van der Waals surface area contributed by atoms with Gasteiger partial charge in [-0.25, -0.2) is 9.59 Å². The molecule has 1 aliphatic rings. The minimum absolute atomic E-state index is 0.0376. The van der Waals surface area contributed by atoms with E-state index in [2.05, 4.69) is 12.8 Å². The molecule has 2 heterocycles. The van der Waals surface area contributed by atoms with Crippen LogP contribution in [0.4, 0.5) is 18.0 Å². The summed E-state index contributed by atoms with van der Waals surface area (Å²) >= 11 is 0. The second-order valence-corrected chi connectivity index (χ2v) is 8.96. The lowest BCUT2D eigenvalue weighted by atomic mass is 10.1. The number of aromatic nitrogens is 2. The van der Waals surface area contributed by atoms with Gasteiger partial charge in [0.25, 0.3) is 5.56 Å². The summed E-state index contributed by atoms with van der Waals surface area (Å²) in [4.78, 5) is 40.0. The number of aromatic amines is 1. The number of H-pyrrole nitrogens is 1. The number of alkyl halides is 3. The van der Waals surface area contributed by atoms with Crippen molar-refractivity contribution < 1.29 is 32.2 Å². The van der Waals surface area contributed by atoms with Crippen molar-refractivity contribution >= 4 is 6.09 Å². The van der Waals surface area contributed by atoms with Crippen molar-refractivity contribution in [3.63, 3.8) is 0 Å². The fourth-order valence-electron chi connectivity index (χ4n) is 4.05. The predicted octanol–water partition coefficient (Wildman–Crippen LogP) is 4.07. The smallest absolute Gasteiger partial charge is 0.423 e. The average molecular weight is 532 g/mol. The number of terminal acetylenes is 1. The Bertz CT molecular complexity index is 1020. The highest BCUT2D eigenvalue weighted by molar-refractivity contribution is 5.67. The number of hydrogen-bond donors (Lipinski definition) is 1. The van der Waals surface area contributed by atoms with E-state index in [1.54, 1.807) is 9.88 Å². The van der Waals surface area contributed by atoms with Crippen LogP contribution in [0.15, 0.2) is 15.8 Å². The molecule has 1 N–H and O–H groups in total. The third kappa shape index (κ3) is 9.23. The molecule has 1 aromatic rings. The molecule has 0 aliphatic carbocycles. The second-order valence-electron chi connectivity index (χ2n) is 8.96. The van der Waals surface area contributed by atoms with Crippen molar-refractivity contribution in [2.45, 2.75) is 89.8 Å². The zero-order valence-corrected chi connectivity index (χ0v) is 21.3. The predicted molar refractivity (Wildman–Crippen MR) is 130 cm³/mol. The van der Waals surface area contributed by atoms with Gasteiger partial charge in [-0.05, 0) is 12.8 Å². The van der Waals surface area contributed by atoms with Crippen molar-refractivity contribution in [1.82, 2.24) is 14.5 Å². The van der Waals surface area contributed by atoms with Gasteiger partial charge < -0.3 is 19.1 Å². The molecule has 0 bridgehead atoms. The lowest BCUT2D eigenvalue weighted by Gasteiger charge is -2.24. The van der Waals surface area contributed by atoms with Crippen LogP contribution in [0.5, 0.6) is 0 Å². The number of halogens is 3. The Morgan fingerprint density at radius 2 is 1.86 bits per heavy atom. The summed E-state index contributed by atoms with van der Waals surface area (Å²) in [7, 11) is 0. The number of rotatable bonds is 14. The van der Waals surface area contributed by atoms with Gasteiger partial charge in [0.1, 0.15) is 31.1 Å². The van der Waals surface area contributed by atoms with Crippen LogP contribution < -0.4 is 11.2 Å². The largest absolute Gasteiger partial charge is 0.447 e. The summed E-state index contributed by atoms with van der Waals surface area (Å²) in [6, 6.07) is 0. The van der Waals surface area contributed by atoms with Crippen molar-refractivity contribution in [3.8, 4) is 12.3 Å². The zero-order chi connectivity index (χ0) is 27.4. The molecule has 12 heteroatoms. The molecule has 0 spiro atoms. The fourth-order valence-corrected chi connectivity index (χ4v) is 4.05. The summed E-state index contributed by atoms with van der Waals surface area (Å²) in [5, 5.41) is 0. The minimum Gasteiger partial charge on any atom is -0.447 e. The molecule has 9 nitrogen and oxygen atoms in total. The number of amides is 1. The summed E-state index contributed by atoms with van der Waals surface area (Å²) in [5.74, 6) is 2.30. The highest BCUT2D eigenvalue weighted by Gasteiger charge is 2.40. The molecule has 1 aromatic heterocycles. The first-order valence-electron chi connectivity index (χ1n) is 12.7. The van der Waals surface area contributed by atoms with Gasteiger partial charge in [0.2, 0.25) is 0 Å². The number of nitrogens with one attached hydrogen (secondary N) is 1. The third-order valence-corrected chi connectivity index (χ3v) is 6.09. The van der Waals surface area contributed by atoms with Crippen LogP contribution in [0.2, 0.25) is 0 Å². The van der Waals surface area contributed by atoms with Crippen molar-refractivity contribution in [3.05, 3.63) is 32.6 Å². The summed E-state index contributed by atoms with van der Waals surface area (Å²) in [6.07, 6.45) is 4.28. The number of carbonyl (C=O) groups excluding carboxylic acids is 1. The van der Waals surface area contributed by atoms with E-state index in [0.29, 0.717) is 23.9 Å². The number of carbonyl (C=O) groups is 1. The van der Waals surface area contributed by atoms with Gasteiger partial charge in [-0.1, -0.05) is 51.9 Å². The Morgan fingerprint density at radius 3 is 2.51 bits per heavy atom. The Labute approximate surface area is 214 Å². The van der Waals surface area contributed by atoms with Gasteiger partial charge in [-0.2, -0.15) is 13.2 Å². The van der Waals surface area contributed by atoms with Gasteiger partial charge in [-0.15, -0.1) is 6.42 Å². The SMILES string of the molecule is C#CCO[C@H]1C[C@H](n2cc(C(F)(F)F)c(=O)[nH]c2=O)O[C@@H]1COC(=O)N(CCCC)CCCCCCC. The molecule has 2 rings (SSSR count). The molecule has 208 valence electrons. The Balaban J connectivity index is 2.10. The Morgan fingerprint density at radius 1 is 1.19 bits per heavy atom. The average Bonchev–Trinajstić information content (AvgIpc) is 3.24. The molecular weight excluding hydrogens is 495 g/mol. The fraction of sp³-hybridized carbons (Fsp3) is 0.720. The molecule has 1 aliphatic heterocycles. The molecule has 3 atom stereocenters. The maximum Gasteiger partial charge on any atom is 0.423 e. The van der Waals surface area contributed by atoms with Gasteiger partial charge in [0.05, 0.1) is 6.10 Å². The van der Waals surface area contributed by atoms with Crippen LogP contribution in [-0.4, -0.2) is 59.1 Å². The maximum atomic E-state index is 13.2. The van der Waals surface area contributed by atoms with E-state index in [4.69, 9.17) is 20.6 Å². The van der Waals surface area contributed by atoms with Crippen LogP contribution in [0.1, 0.15) is 77.0 Å². The van der Waals surface area contributed by atoms with E-state index in [-0.39, 0.29) is 19.6 Å². The van der Waals surface area contributed by atoms with E-state index in [9.17, 15) is 27.6 Å². The molecule has 0 radical (unpaired) electrons. The van der Waals surface area contributed by atoms with Crippen molar-refractivity contribution in [1.29, 1.82) is 0 Å². The van der Waals surface area contributed by atoms with Crippen LogP contribution in [0.25, 0.3) is 0 Å². The Kier molecular flexibility index (Phi) is 12.2. The monoisotopic (exact) mass is 531 g/mol. The number of unbranched alkanes of at least 4 members (excludes halogenated alkanes) is 5. The molecule has 0 saturated carbocycles. The minimum atomic E-state index is -4.96. The molecule has 1 saturated heterocycles. The molecule has 1 fully saturated rings. The summed E-state index contributed by atoms with van der Waals surface area (Å²) in [5.41, 5.74) is -4.14. The van der Waals surface area contributed by atoms with Crippen LogP contribution >= 0.6 is 0 Å². The van der Waals surface area contributed by atoms with E-state index in [1.165, 1.54) is 0 Å². The number of hydrogen-bond acceptors (Lipinski definition) is 6. The maximum absolute atomic E-state index is 13.2. The molecule has 0 unspecified atom stereocenters. The zero-order valence-electron chi connectivity index (χ0n) is 21.3. The van der Waals surface area contributed by atoms with Crippen LogP contribution in [-0.2, 0) is 20.4 Å². The lowest BCUT2D eigenvalue weighted by Crippen LogP contribution is -2.37. The normalized spacial score (nSPS) is 19.5. The highest BCUT2D eigenvalue weighted by Crippen LogP contribution is 2.32. The first kappa shape index (κ1) is 30.4. The van der Waals surface area contributed by atoms with Crippen molar-refractivity contribution in [2.24, 2.45) is 0 Å². The molecule has 37 heavy (non-hydrogen) atoms. The summed E-state index contributed by atoms with van der Waals surface area (Å²) < 4.78 is 57.1. The first-order valence-corrected chi connectivity index (χ1v) is 12.7.